The van der Waals surface area contributed by atoms with Crippen LogP contribution >= 0.6 is 22.7 Å². The zero-order valence-electron chi connectivity index (χ0n) is 11.6. The highest BCUT2D eigenvalue weighted by atomic mass is 32.1. The molecule has 0 radical (unpaired) electrons. The van der Waals surface area contributed by atoms with E-state index in [1.165, 1.54) is 42.5 Å². The van der Waals surface area contributed by atoms with Gasteiger partial charge in [0.1, 0.15) is 0 Å². The second kappa shape index (κ2) is 5.69. The summed E-state index contributed by atoms with van der Waals surface area (Å²) in [5.41, 5.74) is 4.07. The monoisotopic (exact) mass is 316 g/mol. The van der Waals surface area contributed by atoms with Gasteiger partial charge >= 0.3 is 0 Å². The second-order valence-electron chi connectivity index (χ2n) is 5.40. The van der Waals surface area contributed by atoms with E-state index in [4.69, 9.17) is 4.98 Å². The van der Waals surface area contributed by atoms with Crippen molar-refractivity contribution in [3.8, 4) is 10.4 Å². The highest BCUT2D eigenvalue weighted by Gasteiger charge is 2.15. The Balaban J connectivity index is 1.66. The van der Waals surface area contributed by atoms with Gasteiger partial charge in [0, 0.05) is 23.2 Å². The largest absolute Gasteiger partial charge is 0.351 e. The zero-order valence-corrected chi connectivity index (χ0v) is 13.2. The third-order valence-corrected chi connectivity index (χ3v) is 5.66. The smallest absolute Gasteiger partial charge is 0.223 e. The van der Waals surface area contributed by atoms with Crippen LogP contribution in [-0.2, 0) is 0 Å². The normalized spacial score (nSPS) is 16.4. The van der Waals surface area contributed by atoms with Crippen molar-refractivity contribution >= 4 is 38.8 Å². The summed E-state index contributed by atoms with van der Waals surface area (Å²) in [5.74, 6) is 0.763. The van der Waals surface area contributed by atoms with E-state index in [0.29, 0.717) is 6.04 Å². The van der Waals surface area contributed by atoms with Gasteiger partial charge in [-0.15, -0.1) is 22.7 Å². The maximum atomic E-state index is 4.75. The van der Waals surface area contributed by atoms with Crippen molar-refractivity contribution in [3.05, 3.63) is 23.3 Å². The van der Waals surface area contributed by atoms with Crippen LogP contribution in [0, 0.1) is 0 Å². The summed E-state index contributed by atoms with van der Waals surface area (Å²) >= 11 is 3.34. The van der Waals surface area contributed by atoms with Crippen LogP contribution in [0.25, 0.3) is 20.7 Å². The Hall–Kier alpha value is -1.53. The molecule has 1 N–H and O–H groups in total. The maximum absolute atomic E-state index is 4.75. The van der Waals surface area contributed by atoms with Crippen molar-refractivity contribution in [1.29, 1.82) is 0 Å². The van der Waals surface area contributed by atoms with E-state index >= 15 is 0 Å². The Morgan fingerprint density at radius 2 is 2.00 bits per heavy atom. The molecule has 6 heteroatoms. The third kappa shape index (κ3) is 2.65. The van der Waals surface area contributed by atoms with Gasteiger partial charge in [0.25, 0.3) is 0 Å². The van der Waals surface area contributed by atoms with Crippen molar-refractivity contribution < 1.29 is 0 Å². The SMILES string of the molecule is c1ncc(-c2csc3cnc(NC4CCCCC4)nc23)s1. The molecule has 1 aliphatic rings. The molecular formula is C15H16N4S2. The van der Waals surface area contributed by atoms with Crippen molar-refractivity contribution in [3.63, 3.8) is 0 Å². The second-order valence-corrected chi connectivity index (χ2v) is 7.20. The number of thiophene rings is 1. The molecule has 108 valence electrons. The predicted octanol–water partition coefficient (Wildman–Crippen LogP) is 4.56. The zero-order chi connectivity index (χ0) is 14.1. The lowest BCUT2D eigenvalue weighted by Gasteiger charge is -2.22. The van der Waals surface area contributed by atoms with Crippen LogP contribution in [0.2, 0.25) is 0 Å². The number of fused-ring (bicyclic) bond motifs is 1. The van der Waals surface area contributed by atoms with Crippen LogP contribution in [0.3, 0.4) is 0 Å². The molecule has 0 spiro atoms. The van der Waals surface area contributed by atoms with E-state index in [1.807, 2.05) is 17.9 Å². The fourth-order valence-electron chi connectivity index (χ4n) is 2.85. The van der Waals surface area contributed by atoms with Crippen LogP contribution in [0.1, 0.15) is 32.1 Å². The number of hydrogen-bond acceptors (Lipinski definition) is 6. The number of nitrogens with one attached hydrogen (secondary N) is 1. The molecule has 0 aliphatic heterocycles. The van der Waals surface area contributed by atoms with E-state index in [-0.39, 0.29) is 0 Å². The summed E-state index contributed by atoms with van der Waals surface area (Å²) in [7, 11) is 0. The number of anilines is 1. The first-order valence-electron chi connectivity index (χ1n) is 7.30. The third-order valence-electron chi connectivity index (χ3n) is 3.95. The van der Waals surface area contributed by atoms with Crippen molar-refractivity contribution in [2.24, 2.45) is 0 Å². The first kappa shape index (κ1) is 13.2. The summed E-state index contributed by atoms with van der Waals surface area (Å²) < 4.78 is 1.13. The van der Waals surface area contributed by atoms with Gasteiger partial charge in [-0.1, -0.05) is 19.3 Å². The summed E-state index contributed by atoms with van der Waals surface area (Å²) in [6.45, 7) is 0. The van der Waals surface area contributed by atoms with Gasteiger partial charge in [-0.2, -0.15) is 0 Å². The fourth-order valence-corrected chi connectivity index (χ4v) is 4.43. The van der Waals surface area contributed by atoms with Gasteiger partial charge < -0.3 is 5.32 Å². The molecule has 3 aromatic heterocycles. The molecule has 4 nitrogen and oxygen atoms in total. The fraction of sp³-hybridized carbons (Fsp3) is 0.400. The average molecular weight is 316 g/mol. The van der Waals surface area contributed by atoms with Crippen LogP contribution in [0.15, 0.2) is 23.3 Å². The van der Waals surface area contributed by atoms with Crippen molar-refractivity contribution in [2.75, 3.05) is 5.32 Å². The topological polar surface area (TPSA) is 50.7 Å². The standard InChI is InChI=1S/C15H16N4S2/c1-2-4-10(5-3-1)18-15-17-7-13-14(19-15)11(8-20-13)12-6-16-9-21-12/h6-10H,1-5H2,(H,17,18,19). The average Bonchev–Trinajstić information content (AvgIpc) is 3.16. The number of nitrogens with zero attached hydrogens (tertiary/aromatic N) is 3. The van der Waals surface area contributed by atoms with E-state index in [0.717, 1.165) is 16.2 Å². The molecular weight excluding hydrogens is 300 g/mol. The summed E-state index contributed by atoms with van der Waals surface area (Å²) in [6.07, 6.45) is 10.3. The van der Waals surface area contributed by atoms with E-state index < -0.39 is 0 Å². The minimum absolute atomic E-state index is 0.529. The number of hydrogen-bond donors (Lipinski definition) is 1. The lowest BCUT2D eigenvalue weighted by molar-refractivity contribution is 0.461. The number of aromatic nitrogens is 3. The molecule has 1 aliphatic carbocycles. The highest BCUT2D eigenvalue weighted by molar-refractivity contribution is 7.18. The maximum Gasteiger partial charge on any atom is 0.223 e. The molecule has 21 heavy (non-hydrogen) atoms. The Morgan fingerprint density at radius 3 is 2.81 bits per heavy atom. The van der Waals surface area contributed by atoms with Crippen LogP contribution in [0.5, 0.6) is 0 Å². The first-order valence-corrected chi connectivity index (χ1v) is 9.06. The van der Waals surface area contributed by atoms with Crippen molar-refractivity contribution in [2.45, 2.75) is 38.1 Å². The summed E-state index contributed by atoms with van der Waals surface area (Å²) in [6, 6.07) is 0.529. The van der Waals surface area contributed by atoms with Gasteiger partial charge in [0.05, 0.1) is 26.8 Å². The Kier molecular flexibility index (Phi) is 3.57. The molecule has 1 fully saturated rings. The van der Waals surface area contributed by atoms with Crippen LogP contribution in [0.4, 0.5) is 5.95 Å². The van der Waals surface area contributed by atoms with Gasteiger partial charge in [-0.3, -0.25) is 4.98 Å². The molecule has 0 bridgehead atoms. The Morgan fingerprint density at radius 1 is 1.10 bits per heavy atom. The lowest BCUT2D eigenvalue weighted by Crippen LogP contribution is -2.23. The van der Waals surface area contributed by atoms with Crippen molar-refractivity contribution in [1.82, 2.24) is 15.0 Å². The van der Waals surface area contributed by atoms with E-state index in [2.05, 4.69) is 20.7 Å². The predicted molar refractivity (Wildman–Crippen MR) is 89.0 cm³/mol. The van der Waals surface area contributed by atoms with Crippen LogP contribution in [-0.4, -0.2) is 21.0 Å². The molecule has 4 rings (SSSR count). The van der Waals surface area contributed by atoms with Gasteiger partial charge in [0.2, 0.25) is 5.95 Å². The summed E-state index contributed by atoms with van der Waals surface area (Å²) in [5, 5.41) is 5.66. The molecule has 0 unspecified atom stereocenters. The minimum atomic E-state index is 0.529. The molecule has 0 saturated heterocycles. The number of rotatable bonds is 3. The molecule has 3 aromatic rings. The van der Waals surface area contributed by atoms with Crippen LogP contribution < -0.4 is 5.32 Å². The minimum Gasteiger partial charge on any atom is -0.351 e. The molecule has 1 saturated carbocycles. The Bertz CT molecular complexity index is 729. The van der Waals surface area contributed by atoms with Gasteiger partial charge in [-0.25, -0.2) is 9.97 Å². The molecule has 0 atom stereocenters. The highest BCUT2D eigenvalue weighted by Crippen LogP contribution is 2.34. The van der Waals surface area contributed by atoms with E-state index in [1.54, 1.807) is 22.7 Å². The molecule has 3 heterocycles. The number of thiazole rings is 1. The van der Waals surface area contributed by atoms with Gasteiger partial charge in [-0.05, 0) is 12.8 Å². The first-order chi connectivity index (χ1) is 10.4. The van der Waals surface area contributed by atoms with Gasteiger partial charge in [0.15, 0.2) is 0 Å². The lowest BCUT2D eigenvalue weighted by atomic mass is 9.96. The van der Waals surface area contributed by atoms with E-state index in [9.17, 15) is 0 Å². The Labute approximate surface area is 131 Å². The molecule has 0 amide bonds. The molecule has 0 aromatic carbocycles. The quantitative estimate of drug-likeness (QED) is 0.769. The summed E-state index contributed by atoms with van der Waals surface area (Å²) in [4.78, 5) is 14.6.